The number of rotatable bonds is 2. The molecular weight excluding hydrogens is 346 g/mol. The molecule has 0 bridgehead atoms. The van der Waals surface area contributed by atoms with Crippen molar-refractivity contribution in [2.75, 3.05) is 44.7 Å². The van der Waals surface area contributed by atoms with Gasteiger partial charge in [0.25, 0.3) is 0 Å². The third-order valence-corrected chi connectivity index (χ3v) is 5.35. The van der Waals surface area contributed by atoms with Crippen LogP contribution in [0.5, 0.6) is 0 Å². The molecule has 1 atom stereocenters. The second-order valence-electron chi connectivity index (χ2n) is 7.26. The molecule has 27 heavy (non-hydrogen) atoms. The van der Waals surface area contributed by atoms with Gasteiger partial charge >= 0.3 is 6.09 Å². The molecule has 0 N–H and O–H groups in total. The van der Waals surface area contributed by atoms with Crippen molar-refractivity contribution in [1.82, 2.24) is 19.8 Å². The first-order chi connectivity index (χ1) is 13.0. The first kappa shape index (κ1) is 19.4. The highest BCUT2D eigenvalue weighted by molar-refractivity contribution is 5.86. The normalized spacial score (nSPS) is 21.0. The first-order valence-electron chi connectivity index (χ1n) is 9.70. The fourth-order valence-corrected chi connectivity index (χ4v) is 3.91. The minimum Gasteiger partial charge on any atom is -0.453 e. The minimum absolute atomic E-state index is 0.0361. The maximum atomic E-state index is 13.1. The zero-order chi connectivity index (χ0) is 19.4. The molecule has 1 aromatic heterocycles. The van der Waals surface area contributed by atoms with Crippen molar-refractivity contribution < 1.29 is 14.3 Å². The van der Waals surface area contributed by atoms with E-state index in [-0.39, 0.29) is 5.91 Å². The Bertz CT molecular complexity index is 696. The van der Waals surface area contributed by atoms with Crippen molar-refractivity contribution in [3.63, 3.8) is 0 Å². The van der Waals surface area contributed by atoms with Gasteiger partial charge in [0.15, 0.2) is 0 Å². The predicted octanol–water partition coefficient (Wildman–Crippen LogP) is 1.75. The fourth-order valence-electron chi connectivity index (χ4n) is 3.91. The van der Waals surface area contributed by atoms with Crippen LogP contribution in [-0.4, -0.2) is 77.6 Å². The summed E-state index contributed by atoms with van der Waals surface area (Å²) < 4.78 is 4.87. The number of anilines is 1. The van der Waals surface area contributed by atoms with Crippen LogP contribution < -0.4 is 4.90 Å². The Morgan fingerprint density at radius 2 is 1.89 bits per heavy atom. The molecule has 2 fully saturated rings. The van der Waals surface area contributed by atoms with Crippen LogP contribution >= 0.6 is 0 Å². The molecule has 2 amide bonds. The SMILES string of the molecule is COC(=O)N1CCCCC1C(=O)N1CCCN(c2nc(C)cnc2C)CC1. The van der Waals surface area contributed by atoms with E-state index >= 15 is 0 Å². The lowest BCUT2D eigenvalue weighted by atomic mass is 10.0. The Kier molecular flexibility index (Phi) is 6.13. The average molecular weight is 375 g/mol. The number of amides is 2. The van der Waals surface area contributed by atoms with Gasteiger partial charge in [-0.2, -0.15) is 0 Å². The van der Waals surface area contributed by atoms with Crippen LogP contribution in [0.25, 0.3) is 0 Å². The Balaban J connectivity index is 1.69. The summed E-state index contributed by atoms with van der Waals surface area (Å²) in [7, 11) is 1.37. The van der Waals surface area contributed by atoms with Gasteiger partial charge in [-0.05, 0) is 39.5 Å². The van der Waals surface area contributed by atoms with Gasteiger partial charge in [-0.1, -0.05) is 0 Å². The average Bonchev–Trinajstić information content (AvgIpc) is 2.95. The van der Waals surface area contributed by atoms with Crippen molar-refractivity contribution in [1.29, 1.82) is 0 Å². The van der Waals surface area contributed by atoms with E-state index in [2.05, 4.69) is 14.9 Å². The second-order valence-corrected chi connectivity index (χ2v) is 7.26. The number of hydrogen-bond acceptors (Lipinski definition) is 6. The number of aromatic nitrogens is 2. The molecule has 8 nitrogen and oxygen atoms in total. The van der Waals surface area contributed by atoms with Gasteiger partial charge in [0.1, 0.15) is 11.9 Å². The van der Waals surface area contributed by atoms with E-state index in [0.29, 0.717) is 26.1 Å². The van der Waals surface area contributed by atoms with Gasteiger partial charge in [0, 0.05) is 38.9 Å². The number of methoxy groups -OCH3 is 1. The number of carbonyl (C=O) groups is 2. The topological polar surface area (TPSA) is 78.9 Å². The van der Waals surface area contributed by atoms with E-state index in [0.717, 1.165) is 49.6 Å². The minimum atomic E-state index is -0.407. The van der Waals surface area contributed by atoms with Crippen molar-refractivity contribution >= 4 is 17.8 Å². The Hall–Kier alpha value is -2.38. The number of likely N-dealkylation sites (tertiary alicyclic amines) is 1. The van der Waals surface area contributed by atoms with Crippen molar-refractivity contribution in [2.24, 2.45) is 0 Å². The zero-order valence-corrected chi connectivity index (χ0v) is 16.5. The summed E-state index contributed by atoms with van der Waals surface area (Å²) in [5.74, 6) is 0.937. The summed E-state index contributed by atoms with van der Waals surface area (Å²) in [5, 5.41) is 0. The predicted molar refractivity (Wildman–Crippen MR) is 102 cm³/mol. The van der Waals surface area contributed by atoms with Crippen LogP contribution in [0.1, 0.15) is 37.1 Å². The first-order valence-corrected chi connectivity index (χ1v) is 9.70. The van der Waals surface area contributed by atoms with Crippen LogP contribution in [0.4, 0.5) is 10.6 Å². The van der Waals surface area contributed by atoms with E-state index < -0.39 is 12.1 Å². The lowest BCUT2D eigenvalue weighted by Gasteiger charge is -2.36. The Morgan fingerprint density at radius 1 is 1.07 bits per heavy atom. The molecule has 2 saturated heterocycles. The standard InChI is InChI=1S/C19H29N5O3/c1-14-13-20-15(2)17(21-14)22-8-6-9-23(12-11-22)18(25)16-7-4-5-10-24(16)19(26)27-3/h13,16H,4-12H2,1-3H3. The van der Waals surface area contributed by atoms with Crippen molar-refractivity contribution in [3.05, 3.63) is 17.6 Å². The highest BCUT2D eigenvalue weighted by atomic mass is 16.5. The van der Waals surface area contributed by atoms with Gasteiger partial charge in [0.05, 0.1) is 18.5 Å². The molecule has 3 rings (SSSR count). The molecule has 0 aliphatic carbocycles. The number of piperidine rings is 1. The smallest absolute Gasteiger partial charge is 0.410 e. The van der Waals surface area contributed by atoms with Gasteiger partial charge in [-0.3, -0.25) is 14.7 Å². The number of nitrogens with zero attached hydrogens (tertiary/aromatic N) is 5. The van der Waals surface area contributed by atoms with E-state index in [4.69, 9.17) is 4.74 Å². The zero-order valence-electron chi connectivity index (χ0n) is 16.5. The summed E-state index contributed by atoms with van der Waals surface area (Å²) >= 11 is 0. The monoisotopic (exact) mass is 375 g/mol. The maximum Gasteiger partial charge on any atom is 0.410 e. The third-order valence-electron chi connectivity index (χ3n) is 5.35. The van der Waals surface area contributed by atoms with E-state index in [1.54, 1.807) is 11.1 Å². The molecule has 1 aromatic rings. The molecule has 3 heterocycles. The van der Waals surface area contributed by atoms with Gasteiger partial charge in [-0.25, -0.2) is 9.78 Å². The summed E-state index contributed by atoms with van der Waals surface area (Å²) in [6.07, 6.45) is 4.81. The lowest BCUT2D eigenvalue weighted by Crippen LogP contribution is -2.53. The molecule has 0 saturated carbocycles. The molecule has 8 heteroatoms. The van der Waals surface area contributed by atoms with Gasteiger partial charge in [0.2, 0.25) is 5.91 Å². The quantitative estimate of drug-likeness (QED) is 0.784. The molecular formula is C19H29N5O3. The summed E-state index contributed by atoms with van der Waals surface area (Å²) in [4.78, 5) is 39.9. The molecule has 0 radical (unpaired) electrons. The van der Waals surface area contributed by atoms with Gasteiger partial charge in [-0.15, -0.1) is 0 Å². The number of ether oxygens (including phenoxy) is 1. The molecule has 1 unspecified atom stereocenters. The molecule has 0 spiro atoms. The van der Waals surface area contributed by atoms with Crippen molar-refractivity contribution in [3.8, 4) is 0 Å². The van der Waals surface area contributed by atoms with Crippen LogP contribution in [0.2, 0.25) is 0 Å². The highest BCUT2D eigenvalue weighted by Crippen LogP contribution is 2.22. The van der Waals surface area contributed by atoms with E-state index in [1.807, 2.05) is 18.7 Å². The Labute approximate surface area is 160 Å². The van der Waals surface area contributed by atoms with Crippen LogP contribution in [-0.2, 0) is 9.53 Å². The third kappa shape index (κ3) is 4.31. The molecule has 148 valence electrons. The largest absolute Gasteiger partial charge is 0.453 e. The second kappa shape index (κ2) is 8.54. The van der Waals surface area contributed by atoms with E-state index in [9.17, 15) is 9.59 Å². The van der Waals surface area contributed by atoms with Crippen molar-refractivity contribution in [2.45, 2.75) is 45.6 Å². The van der Waals surface area contributed by atoms with Crippen LogP contribution in [0.3, 0.4) is 0 Å². The summed E-state index contributed by atoms with van der Waals surface area (Å²) in [6, 6.07) is -0.404. The van der Waals surface area contributed by atoms with Crippen LogP contribution in [0, 0.1) is 13.8 Å². The molecule has 2 aliphatic heterocycles. The molecule has 0 aromatic carbocycles. The maximum absolute atomic E-state index is 13.1. The summed E-state index contributed by atoms with van der Waals surface area (Å²) in [5.41, 5.74) is 1.80. The van der Waals surface area contributed by atoms with Crippen LogP contribution in [0.15, 0.2) is 6.20 Å². The fraction of sp³-hybridized carbons (Fsp3) is 0.684. The number of hydrogen-bond donors (Lipinski definition) is 0. The van der Waals surface area contributed by atoms with E-state index in [1.165, 1.54) is 7.11 Å². The number of aryl methyl sites for hydroxylation is 2. The summed E-state index contributed by atoms with van der Waals surface area (Å²) in [6.45, 7) is 7.36. The lowest BCUT2D eigenvalue weighted by molar-refractivity contribution is -0.137. The number of carbonyl (C=O) groups excluding carboxylic acids is 2. The molecule has 2 aliphatic rings. The van der Waals surface area contributed by atoms with Gasteiger partial charge < -0.3 is 14.5 Å². The highest BCUT2D eigenvalue weighted by Gasteiger charge is 2.36. The Morgan fingerprint density at radius 3 is 2.67 bits per heavy atom.